The Hall–Kier alpha value is -1.33. The Labute approximate surface area is 226 Å². The van der Waals surface area contributed by atoms with Crippen molar-refractivity contribution in [3.63, 3.8) is 0 Å². The van der Waals surface area contributed by atoms with E-state index in [9.17, 15) is 23.4 Å². The molecule has 0 saturated carbocycles. The number of fused-ring (bicyclic) bond motifs is 1. The number of halogens is 3. The molecule has 0 spiro atoms. The number of aromatic amines is 1. The third-order valence-corrected chi connectivity index (χ3v) is 8.34. The molecule has 0 aliphatic heterocycles. The van der Waals surface area contributed by atoms with Gasteiger partial charge in [0.1, 0.15) is 11.3 Å². The Morgan fingerprint density at radius 1 is 1.06 bits per heavy atom. The van der Waals surface area contributed by atoms with Crippen molar-refractivity contribution < 1.29 is 18.6 Å². The number of thiazole rings is 1. The van der Waals surface area contributed by atoms with Crippen molar-refractivity contribution in [2.45, 2.75) is 38.2 Å². The molecule has 0 unspecified atom stereocenters. The fraction of sp³-hybridized carbons (Fsp3) is 0.435. The van der Waals surface area contributed by atoms with Crippen molar-refractivity contribution >= 4 is 67.8 Å². The summed E-state index contributed by atoms with van der Waals surface area (Å²) in [5.41, 5.74) is 2.01. The first-order chi connectivity index (χ1) is 15.7. The normalized spacial score (nSPS) is 12.2. The zero-order chi connectivity index (χ0) is 23.8. The molecule has 1 aromatic heterocycles. The molecular weight excluding hydrogens is 555 g/mol. The number of H-pyrrole nitrogens is 1. The number of hydrogen-bond donors (Lipinski definition) is 4. The van der Waals surface area contributed by atoms with Gasteiger partial charge in [-0.2, -0.15) is 0 Å². The first-order valence-electron chi connectivity index (χ1n) is 10.9. The van der Waals surface area contributed by atoms with Crippen LogP contribution >= 0.6 is 47.8 Å². The summed E-state index contributed by atoms with van der Waals surface area (Å²) in [6, 6.07) is 10.8. The molecular formula is C23H31Cl3N2O5S2. The summed E-state index contributed by atoms with van der Waals surface area (Å²) >= 11 is 6.90. The molecule has 7 nitrogen and oxygen atoms in total. The number of aliphatic hydroxyl groups is 1. The number of aryl methyl sites for hydroxylation is 1. The lowest BCUT2D eigenvalue weighted by Crippen LogP contribution is -2.28. The summed E-state index contributed by atoms with van der Waals surface area (Å²) < 4.78 is 25.0. The van der Waals surface area contributed by atoms with E-state index in [1.807, 2.05) is 24.3 Å². The van der Waals surface area contributed by atoms with Gasteiger partial charge in [-0.3, -0.25) is 4.79 Å². The first-order valence-corrected chi connectivity index (χ1v) is 13.9. The first kappa shape index (κ1) is 31.7. The number of aliphatic hydroxyl groups excluding tert-OH is 1. The van der Waals surface area contributed by atoms with Gasteiger partial charge in [0.25, 0.3) is 0 Å². The number of rotatable bonds is 13. The molecule has 0 radical (unpaired) electrons. The summed E-state index contributed by atoms with van der Waals surface area (Å²) in [5.74, 6) is 0.109. The van der Waals surface area contributed by atoms with Crippen LogP contribution in [0, 0.1) is 0 Å². The van der Waals surface area contributed by atoms with E-state index in [-0.39, 0.29) is 60.0 Å². The largest absolute Gasteiger partial charge is 0.506 e. The number of phenolic OH excluding ortho intramolecular Hbond substituents is 1. The third kappa shape index (κ3) is 9.92. The lowest BCUT2D eigenvalue weighted by atomic mass is 10.1. The minimum atomic E-state index is -3.16. The van der Waals surface area contributed by atoms with Gasteiger partial charge < -0.3 is 20.5 Å². The van der Waals surface area contributed by atoms with Gasteiger partial charge in [-0.15, -0.1) is 24.8 Å². The van der Waals surface area contributed by atoms with Gasteiger partial charge in [0.15, 0.2) is 9.84 Å². The van der Waals surface area contributed by atoms with Crippen LogP contribution in [0.5, 0.6) is 5.75 Å². The van der Waals surface area contributed by atoms with E-state index in [4.69, 9.17) is 11.6 Å². The van der Waals surface area contributed by atoms with Gasteiger partial charge in [0, 0.05) is 23.7 Å². The van der Waals surface area contributed by atoms with Crippen LogP contribution in [0.3, 0.4) is 0 Å². The van der Waals surface area contributed by atoms with Crippen LogP contribution in [-0.2, 0) is 16.3 Å². The molecule has 0 saturated heterocycles. The molecule has 0 aliphatic carbocycles. The van der Waals surface area contributed by atoms with Gasteiger partial charge in [-0.1, -0.05) is 54.0 Å². The summed E-state index contributed by atoms with van der Waals surface area (Å²) in [6.45, 7) is 0.379. The predicted molar refractivity (Wildman–Crippen MR) is 149 cm³/mol. The molecule has 0 amide bonds. The quantitative estimate of drug-likeness (QED) is 0.217. The maximum absolute atomic E-state index is 12.3. The highest BCUT2D eigenvalue weighted by atomic mass is 35.5. The minimum absolute atomic E-state index is 0. The molecule has 0 bridgehead atoms. The second-order valence-electron chi connectivity index (χ2n) is 8.06. The average Bonchev–Trinajstić information content (AvgIpc) is 3.16. The molecule has 0 fully saturated rings. The number of phenols is 1. The molecule has 4 N–H and O–H groups in total. The Balaban J connectivity index is 0.00000306. The maximum Gasteiger partial charge on any atom is 0.305 e. The molecule has 35 heavy (non-hydrogen) atoms. The van der Waals surface area contributed by atoms with Crippen LogP contribution in [-0.4, -0.2) is 48.2 Å². The van der Waals surface area contributed by atoms with E-state index < -0.39 is 15.9 Å². The summed E-state index contributed by atoms with van der Waals surface area (Å²) in [7, 11) is -3.16. The highest BCUT2D eigenvalue weighted by Crippen LogP contribution is 2.31. The number of aromatic hydroxyl groups is 1. The number of benzene rings is 2. The molecule has 1 atom stereocenters. The average molecular weight is 586 g/mol. The van der Waals surface area contributed by atoms with Crippen LogP contribution in [0.25, 0.3) is 10.2 Å². The second kappa shape index (κ2) is 15.0. The highest BCUT2D eigenvalue weighted by Gasteiger charge is 2.16. The van der Waals surface area contributed by atoms with Crippen molar-refractivity contribution in [3.8, 4) is 5.75 Å². The zero-order valence-corrected chi connectivity index (χ0v) is 23.1. The van der Waals surface area contributed by atoms with E-state index in [0.29, 0.717) is 22.2 Å². The number of nitrogens with one attached hydrogen (secondary N) is 2. The van der Waals surface area contributed by atoms with Gasteiger partial charge in [-0.25, -0.2) is 8.42 Å². The van der Waals surface area contributed by atoms with E-state index in [1.165, 1.54) is 11.6 Å². The van der Waals surface area contributed by atoms with E-state index in [1.54, 1.807) is 6.07 Å². The molecule has 196 valence electrons. The van der Waals surface area contributed by atoms with Crippen LogP contribution in [0.4, 0.5) is 0 Å². The Morgan fingerprint density at radius 2 is 1.80 bits per heavy atom. The van der Waals surface area contributed by atoms with Crippen LogP contribution in [0.1, 0.15) is 42.9 Å². The smallest absolute Gasteiger partial charge is 0.305 e. The fourth-order valence-corrected chi connectivity index (χ4v) is 6.11. The van der Waals surface area contributed by atoms with Crippen LogP contribution in [0.15, 0.2) is 41.2 Å². The maximum atomic E-state index is 12.3. The molecule has 3 rings (SSSR count). The van der Waals surface area contributed by atoms with Crippen molar-refractivity contribution in [2.75, 3.05) is 24.6 Å². The predicted octanol–water partition coefficient (Wildman–Crippen LogP) is 4.63. The number of sulfone groups is 1. The SMILES string of the molecule is Cl.Cl.O=c1[nH]c2c(O)ccc([C@@H](O)CNCCS(=O)(=O)CCCCCCc3cccc(Cl)c3)c2s1. The van der Waals surface area contributed by atoms with Gasteiger partial charge in [0.05, 0.1) is 22.3 Å². The third-order valence-electron chi connectivity index (χ3n) is 5.43. The minimum Gasteiger partial charge on any atom is -0.506 e. The topological polar surface area (TPSA) is 119 Å². The van der Waals surface area contributed by atoms with Crippen LogP contribution < -0.4 is 10.2 Å². The lowest BCUT2D eigenvalue weighted by Gasteiger charge is -2.13. The van der Waals surface area contributed by atoms with E-state index in [2.05, 4.69) is 10.3 Å². The van der Waals surface area contributed by atoms with Gasteiger partial charge in [0.2, 0.25) is 0 Å². The molecule has 12 heteroatoms. The molecule has 2 aromatic carbocycles. The van der Waals surface area contributed by atoms with E-state index >= 15 is 0 Å². The Morgan fingerprint density at radius 3 is 2.54 bits per heavy atom. The van der Waals surface area contributed by atoms with Gasteiger partial charge in [-0.05, 0) is 43.0 Å². The van der Waals surface area contributed by atoms with Crippen molar-refractivity contribution in [1.82, 2.24) is 10.3 Å². The standard InChI is InChI=1S/C23H29ClN2O5S2.2ClH/c24-17-8-5-7-16(14-17)6-3-1-2-4-12-33(30,31)13-11-25-15-20(28)18-9-10-19(27)21-22(18)32-23(29)26-21;;/h5,7-10,14,20,25,27-28H,1-4,6,11-13,15H2,(H,26,29);2*1H/t20-;;/m0../s1. The number of hydrogen-bond acceptors (Lipinski definition) is 7. The molecule has 1 heterocycles. The zero-order valence-electron chi connectivity index (χ0n) is 19.0. The highest BCUT2D eigenvalue weighted by molar-refractivity contribution is 7.91. The Kier molecular flexibility index (Phi) is 13.6. The monoisotopic (exact) mass is 584 g/mol. The number of aromatic nitrogens is 1. The second-order valence-corrected chi connectivity index (χ2v) is 11.8. The van der Waals surface area contributed by atoms with Gasteiger partial charge >= 0.3 is 4.87 Å². The van der Waals surface area contributed by atoms with Crippen molar-refractivity contribution in [1.29, 1.82) is 0 Å². The fourth-order valence-electron chi connectivity index (χ4n) is 3.68. The van der Waals surface area contributed by atoms with Crippen molar-refractivity contribution in [3.05, 3.63) is 62.2 Å². The summed E-state index contributed by atoms with van der Waals surface area (Å²) in [5, 5.41) is 24.0. The summed E-state index contributed by atoms with van der Waals surface area (Å²) in [6.07, 6.45) is 3.48. The molecule has 0 aliphatic rings. The van der Waals surface area contributed by atoms with Crippen LogP contribution in [0.2, 0.25) is 5.02 Å². The van der Waals surface area contributed by atoms with E-state index in [0.717, 1.165) is 42.0 Å². The summed E-state index contributed by atoms with van der Waals surface area (Å²) in [4.78, 5) is 13.8. The van der Waals surface area contributed by atoms with Crippen molar-refractivity contribution in [2.24, 2.45) is 0 Å². The number of unbranched alkanes of at least 4 members (excludes halogenated alkanes) is 3. The lowest BCUT2D eigenvalue weighted by molar-refractivity contribution is 0.177. The molecule has 3 aromatic rings. The Bertz CT molecular complexity index is 1230.